The second-order valence-corrected chi connectivity index (χ2v) is 6.36. The van der Waals surface area contributed by atoms with Gasteiger partial charge in [0.25, 0.3) is 5.91 Å². The molecule has 5 nitrogen and oxygen atoms in total. The third-order valence-electron chi connectivity index (χ3n) is 3.76. The lowest BCUT2D eigenvalue weighted by Crippen LogP contribution is -2.24. The van der Waals surface area contributed by atoms with Crippen LogP contribution in [0.4, 0.5) is 5.82 Å². The van der Waals surface area contributed by atoms with Crippen LogP contribution in [-0.4, -0.2) is 17.1 Å². The fourth-order valence-electron chi connectivity index (χ4n) is 2.39. The number of amides is 1. The maximum Gasteiger partial charge on any atom is 0.255 e. The number of hydrogen-bond donors (Lipinski definition) is 2. The molecule has 1 aromatic heterocycles. The second kappa shape index (κ2) is 8.40. The van der Waals surface area contributed by atoms with Crippen LogP contribution in [0, 0.1) is 0 Å². The van der Waals surface area contributed by atoms with Gasteiger partial charge in [-0.05, 0) is 48.2 Å². The normalized spacial score (nSPS) is 10.3. The second-order valence-electron chi connectivity index (χ2n) is 5.52. The van der Waals surface area contributed by atoms with Gasteiger partial charge in [-0.25, -0.2) is 4.98 Å². The highest BCUT2D eigenvalue weighted by Crippen LogP contribution is 2.31. The number of anilines is 1. The van der Waals surface area contributed by atoms with Crippen molar-refractivity contribution in [2.24, 2.45) is 0 Å². The van der Waals surface area contributed by atoms with Crippen molar-refractivity contribution < 1.29 is 9.53 Å². The van der Waals surface area contributed by atoms with Crippen LogP contribution in [0.2, 0.25) is 0 Å². The van der Waals surface area contributed by atoms with E-state index in [-0.39, 0.29) is 11.7 Å². The molecule has 0 bridgehead atoms. The lowest BCUT2D eigenvalue weighted by atomic mass is 10.2. The maximum atomic E-state index is 12.2. The molecular formula is C20H19N3O2S. The molecule has 26 heavy (non-hydrogen) atoms. The Labute approximate surface area is 156 Å². The molecule has 0 saturated heterocycles. The largest absolute Gasteiger partial charge is 0.456 e. The van der Waals surface area contributed by atoms with Crippen molar-refractivity contribution in [1.82, 2.24) is 10.3 Å². The fourth-order valence-corrected chi connectivity index (χ4v) is 2.92. The van der Waals surface area contributed by atoms with E-state index in [2.05, 4.69) is 10.3 Å². The number of nitrogens with two attached hydrogens (primary N) is 1. The minimum Gasteiger partial charge on any atom is -0.456 e. The first-order valence-corrected chi connectivity index (χ1v) is 9.28. The molecule has 0 unspecified atom stereocenters. The summed E-state index contributed by atoms with van der Waals surface area (Å²) < 4.78 is 5.93. The first kappa shape index (κ1) is 17.8. The molecule has 3 aromatic rings. The lowest BCUT2D eigenvalue weighted by molar-refractivity contribution is 0.0951. The van der Waals surface area contributed by atoms with Gasteiger partial charge in [0.05, 0.1) is 5.56 Å². The predicted octanol–water partition coefficient (Wildman–Crippen LogP) is 4.11. The highest BCUT2D eigenvalue weighted by atomic mass is 32.2. The zero-order chi connectivity index (χ0) is 18.4. The van der Waals surface area contributed by atoms with Crippen molar-refractivity contribution in [1.29, 1.82) is 0 Å². The van der Waals surface area contributed by atoms with Crippen molar-refractivity contribution >= 4 is 23.5 Å². The maximum absolute atomic E-state index is 12.2. The van der Waals surface area contributed by atoms with Crippen molar-refractivity contribution in [2.45, 2.75) is 11.4 Å². The number of nitrogens with one attached hydrogen (secondary N) is 1. The Morgan fingerprint density at radius 3 is 2.62 bits per heavy atom. The van der Waals surface area contributed by atoms with Crippen molar-refractivity contribution in [2.75, 3.05) is 12.0 Å². The third kappa shape index (κ3) is 4.34. The quantitative estimate of drug-likeness (QED) is 0.643. The van der Waals surface area contributed by atoms with E-state index in [0.717, 1.165) is 22.0 Å². The van der Waals surface area contributed by atoms with E-state index in [1.807, 2.05) is 54.8 Å². The standard InChI is InChI=1S/C20H19N3O2S/c1-26-18-7-3-2-6-17(18)25-15-10-8-14(9-11-15)13-23-20(24)16-5-4-12-22-19(16)21/h2-12H,13H2,1H3,(H2,21,22)(H,23,24). The topological polar surface area (TPSA) is 77.2 Å². The number of nitrogens with zero attached hydrogens (tertiary/aromatic N) is 1. The number of carbonyl (C=O) groups is 1. The Bertz CT molecular complexity index is 898. The van der Waals surface area contributed by atoms with Gasteiger partial charge in [0.1, 0.15) is 17.3 Å². The summed E-state index contributed by atoms with van der Waals surface area (Å²) >= 11 is 1.64. The lowest BCUT2D eigenvalue weighted by Gasteiger charge is -2.10. The van der Waals surface area contributed by atoms with Crippen LogP contribution in [0.1, 0.15) is 15.9 Å². The Kier molecular flexibility index (Phi) is 5.76. The Hall–Kier alpha value is -2.99. The number of nitrogen functional groups attached to an aromatic ring is 1. The molecule has 0 spiro atoms. The van der Waals surface area contributed by atoms with Crippen molar-refractivity contribution in [3.63, 3.8) is 0 Å². The van der Waals surface area contributed by atoms with Crippen LogP contribution >= 0.6 is 11.8 Å². The van der Waals surface area contributed by atoms with Gasteiger partial charge >= 0.3 is 0 Å². The van der Waals surface area contributed by atoms with Gasteiger partial charge in [-0.15, -0.1) is 11.8 Å². The average molecular weight is 365 g/mol. The van der Waals surface area contributed by atoms with E-state index in [1.54, 1.807) is 30.1 Å². The molecule has 0 saturated carbocycles. The Morgan fingerprint density at radius 2 is 1.88 bits per heavy atom. The number of carbonyl (C=O) groups excluding carboxylic acids is 1. The summed E-state index contributed by atoms with van der Waals surface area (Å²) in [6, 6.07) is 18.8. The molecule has 1 amide bonds. The summed E-state index contributed by atoms with van der Waals surface area (Å²) in [7, 11) is 0. The number of ether oxygens (including phenoxy) is 1. The van der Waals surface area contributed by atoms with E-state index in [0.29, 0.717) is 12.1 Å². The van der Waals surface area contributed by atoms with E-state index in [1.165, 1.54) is 0 Å². The molecule has 0 fully saturated rings. The summed E-state index contributed by atoms with van der Waals surface area (Å²) in [5, 5.41) is 2.84. The monoisotopic (exact) mass is 365 g/mol. The Balaban J connectivity index is 1.61. The number of rotatable bonds is 6. The number of hydrogen-bond acceptors (Lipinski definition) is 5. The van der Waals surface area contributed by atoms with Crippen LogP contribution in [0.25, 0.3) is 0 Å². The average Bonchev–Trinajstić information content (AvgIpc) is 2.68. The van der Waals surface area contributed by atoms with E-state index in [4.69, 9.17) is 10.5 Å². The van der Waals surface area contributed by atoms with Gasteiger partial charge in [-0.2, -0.15) is 0 Å². The summed E-state index contributed by atoms with van der Waals surface area (Å²) in [5.41, 5.74) is 7.06. The molecule has 0 aliphatic carbocycles. The zero-order valence-electron chi connectivity index (χ0n) is 14.3. The number of aromatic nitrogens is 1. The van der Waals surface area contributed by atoms with Crippen molar-refractivity contribution in [3.05, 3.63) is 78.0 Å². The predicted molar refractivity (Wildman–Crippen MR) is 105 cm³/mol. The smallest absolute Gasteiger partial charge is 0.255 e. The van der Waals surface area contributed by atoms with Crippen LogP contribution in [-0.2, 0) is 6.54 Å². The summed E-state index contributed by atoms with van der Waals surface area (Å²) in [6.45, 7) is 0.398. The summed E-state index contributed by atoms with van der Waals surface area (Å²) in [5.74, 6) is 1.55. The van der Waals surface area contributed by atoms with Crippen molar-refractivity contribution in [3.8, 4) is 11.5 Å². The van der Waals surface area contributed by atoms with Crippen LogP contribution in [0.5, 0.6) is 11.5 Å². The molecular weight excluding hydrogens is 346 g/mol. The van der Waals surface area contributed by atoms with Gasteiger partial charge < -0.3 is 15.8 Å². The summed E-state index contributed by atoms with van der Waals surface area (Å²) in [4.78, 5) is 17.2. The molecule has 3 N–H and O–H groups in total. The summed E-state index contributed by atoms with van der Waals surface area (Å²) in [6.07, 6.45) is 3.57. The van der Waals surface area contributed by atoms with Gasteiger partial charge in [-0.3, -0.25) is 4.79 Å². The first-order chi connectivity index (χ1) is 12.7. The molecule has 1 heterocycles. The minimum atomic E-state index is -0.246. The zero-order valence-corrected chi connectivity index (χ0v) is 15.1. The molecule has 6 heteroatoms. The number of benzene rings is 2. The number of para-hydroxylation sites is 1. The molecule has 0 aliphatic heterocycles. The molecule has 0 radical (unpaired) electrons. The molecule has 132 valence electrons. The molecule has 3 rings (SSSR count). The molecule has 0 atom stereocenters. The SMILES string of the molecule is CSc1ccccc1Oc1ccc(CNC(=O)c2cccnc2N)cc1. The minimum absolute atomic E-state index is 0.223. The molecule has 0 aliphatic rings. The van der Waals surface area contributed by atoms with E-state index >= 15 is 0 Å². The van der Waals surface area contributed by atoms with Gasteiger partial charge in [-0.1, -0.05) is 24.3 Å². The van der Waals surface area contributed by atoms with Crippen LogP contribution in [0.3, 0.4) is 0 Å². The van der Waals surface area contributed by atoms with Crippen LogP contribution < -0.4 is 15.8 Å². The van der Waals surface area contributed by atoms with Crippen LogP contribution in [0.15, 0.2) is 71.8 Å². The number of thioether (sulfide) groups is 1. The fraction of sp³-hybridized carbons (Fsp3) is 0.100. The van der Waals surface area contributed by atoms with Gasteiger partial charge in [0.15, 0.2) is 0 Å². The first-order valence-electron chi connectivity index (χ1n) is 8.06. The van der Waals surface area contributed by atoms with E-state index < -0.39 is 0 Å². The Morgan fingerprint density at radius 1 is 1.12 bits per heavy atom. The molecule has 2 aromatic carbocycles. The van der Waals surface area contributed by atoms with E-state index in [9.17, 15) is 4.79 Å². The third-order valence-corrected chi connectivity index (χ3v) is 4.53. The highest BCUT2D eigenvalue weighted by molar-refractivity contribution is 7.98. The number of pyridine rings is 1. The van der Waals surface area contributed by atoms with Gasteiger partial charge in [0, 0.05) is 17.6 Å². The van der Waals surface area contributed by atoms with Gasteiger partial charge in [0.2, 0.25) is 0 Å². The highest BCUT2D eigenvalue weighted by Gasteiger charge is 2.09.